The van der Waals surface area contributed by atoms with Gasteiger partial charge in [0.2, 0.25) is 0 Å². The summed E-state index contributed by atoms with van der Waals surface area (Å²) in [7, 11) is 2.05. The maximum atomic E-state index is 13.2. The van der Waals surface area contributed by atoms with Crippen LogP contribution in [0.25, 0.3) is 11.3 Å². The summed E-state index contributed by atoms with van der Waals surface area (Å²) in [5, 5.41) is 15.5. The van der Waals surface area contributed by atoms with Crippen LogP contribution in [0.2, 0.25) is 0 Å². The molecule has 8 nitrogen and oxygen atoms in total. The Labute approximate surface area is 235 Å². The number of halogens is 1. The van der Waals surface area contributed by atoms with Crippen molar-refractivity contribution in [2.24, 2.45) is 0 Å². The second kappa shape index (κ2) is 11.4. The van der Waals surface area contributed by atoms with Gasteiger partial charge in [-0.05, 0) is 67.1 Å². The number of amides is 2. The summed E-state index contributed by atoms with van der Waals surface area (Å²) in [6.45, 7) is 3.12. The lowest BCUT2D eigenvalue weighted by molar-refractivity contribution is -0.137. The van der Waals surface area contributed by atoms with Crippen molar-refractivity contribution in [3.05, 3.63) is 93.5 Å². The maximum Gasteiger partial charge on any atom is 0.303 e. The summed E-state index contributed by atoms with van der Waals surface area (Å²) in [6, 6.07) is 20.5. The Morgan fingerprint density at radius 3 is 2.44 bits per heavy atom. The van der Waals surface area contributed by atoms with Crippen LogP contribution in [0.4, 0.5) is 11.4 Å². The Kier molecular flexibility index (Phi) is 7.81. The average Bonchev–Trinajstić information content (AvgIpc) is 3.25. The van der Waals surface area contributed by atoms with Crippen molar-refractivity contribution in [1.82, 2.24) is 9.80 Å². The number of benzene rings is 3. The molecule has 0 saturated carbocycles. The van der Waals surface area contributed by atoms with Gasteiger partial charge in [-0.15, -0.1) is 0 Å². The van der Waals surface area contributed by atoms with Crippen LogP contribution in [0, 0.1) is 0 Å². The van der Waals surface area contributed by atoms with E-state index in [0.29, 0.717) is 42.0 Å². The summed E-state index contributed by atoms with van der Waals surface area (Å²) in [5.41, 5.74) is 5.52. The van der Waals surface area contributed by atoms with Crippen molar-refractivity contribution in [2.45, 2.75) is 12.8 Å². The predicted octanol–water partition coefficient (Wildman–Crippen LogP) is 4.79. The third-order valence-corrected chi connectivity index (χ3v) is 7.50. The van der Waals surface area contributed by atoms with Gasteiger partial charge in [0.25, 0.3) is 11.8 Å². The third-order valence-electron chi connectivity index (χ3n) is 7.01. The zero-order chi connectivity index (χ0) is 27.5. The Balaban J connectivity index is 1.49. The van der Waals surface area contributed by atoms with Gasteiger partial charge in [-0.2, -0.15) is 0 Å². The predicted molar refractivity (Wildman–Crippen MR) is 155 cm³/mol. The first-order chi connectivity index (χ1) is 18.8. The molecule has 0 bridgehead atoms. The Morgan fingerprint density at radius 1 is 0.974 bits per heavy atom. The molecule has 9 heteroatoms. The molecule has 3 aromatic carbocycles. The number of rotatable bonds is 7. The SMILES string of the molecule is CN1CCN(C(=O)c2ccc(N/C(=C3\C(=O)Nc4cc(Br)ccc43)c3cccc(CCC(=O)O)c3)cc2)CC1. The van der Waals surface area contributed by atoms with E-state index >= 15 is 0 Å². The lowest BCUT2D eigenvalue weighted by atomic mass is 9.97. The monoisotopic (exact) mass is 588 g/mol. The number of aliphatic carboxylic acids is 1. The van der Waals surface area contributed by atoms with E-state index in [0.717, 1.165) is 39.9 Å². The first-order valence-corrected chi connectivity index (χ1v) is 13.6. The fraction of sp³-hybridized carbons (Fsp3) is 0.233. The average molecular weight is 589 g/mol. The number of nitrogens with one attached hydrogen (secondary N) is 2. The van der Waals surface area contributed by atoms with Gasteiger partial charge in [0.1, 0.15) is 0 Å². The van der Waals surface area contributed by atoms with E-state index in [4.69, 9.17) is 5.11 Å². The number of carbonyl (C=O) groups excluding carboxylic acids is 2. The molecule has 2 amide bonds. The summed E-state index contributed by atoms with van der Waals surface area (Å²) in [6.07, 6.45) is 0.396. The zero-order valence-corrected chi connectivity index (χ0v) is 23.1. The molecule has 2 aliphatic heterocycles. The fourth-order valence-electron chi connectivity index (χ4n) is 4.84. The van der Waals surface area contributed by atoms with Crippen molar-refractivity contribution in [2.75, 3.05) is 43.9 Å². The molecule has 39 heavy (non-hydrogen) atoms. The summed E-state index contributed by atoms with van der Waals surface area (Å²) in [4.78, 5) is 41.4. The quantitative estimate of drug-likeness (QED) is 0.343. The van der Waals surface area contributed by atoms with Gasteiger partial charge in [-0.3, -0.25) is 14.4 Å². The molecular formula is C30H29BrN4O4. The molecule has 200 valence electrons. The Hall–Kier alpha value is -3.95. The molecule has 0 spiro atoms. The van der Waals surface area contributed by atoms with Crippen LogP contribution in [-0.4, -0.2) is 65.9 Å². The number of anilines is 2. The summed E-state index contributed by atoms with van der Waals surface area (Å²) >= 11 is 3.46. The molecule has 5 rings (SSSR count). The standard InChI is InChI=1S/C30H29BrN4O4/c1-34-13-15-35(16-14-34)30(39)20-6-9-23(10-7-20)32-28(21-4-2-3-19(17-21)5-12-26(36)37)27-24-11-8-22(31)18-25(24)33-29(27)38/h2-4,6-11,17-18,32H,5,12-16H2,1H3,(H,33,38)(H,36,37)/b28-27-. The minimum Gasteiger partial charge on any atom is -0.481 e. The molecule has 1 fully saturated rings. The molecule has 0 radical (unpaired) electrons. The van der Waals surface area contributed by atoms with Gasteiger partial charge >= 0.3 is 5.97 Å². The highest BCUT2D eigenvalue weighted by Gasteiger charge is 2.29. The molecule has 0 aliphatic carbocycles. The fourth-order valence-corrected chi connectivity index (χ4v) is 5.20. The largest absolute Gasteiger partial charge is 0.481 e. The van der Waals surface area contributed by atoms with Crippen LogP contribution in [0.15, 0.2) is 71.2 Å². The molecular weight excluding hydrogens is 560 g/mol. The normalized spacial score (nSPS) is 16.5. The van der Waals surface area contributed by atoms with Crippen LogP contribution in [-0.2, 0) is 16.0 Å². The van der Waals surface area contributed by atoms with Crippen LogP contribution >= 0.6 is 15.9 Å². The van der Waals surface area contributed by atoms with E-state index in [2.05, 4.69) is 38.5 Å². The van der Waals surface area contributed by atoms with Crippen LogP contribution in [0.1, 0.15) is 33.5 Å². The van der Waals surface area contributed by atoms with E-state index < -0.39 is 5.97 Å². The van der Waals surface area contributed by atoms with Gasteiger partial charge in [-0.1, -0.05) is 40.2 Å². The van der Waals surface area contributed by atoms with Crippen molar-refractivity contribution in [3.63, 3.8) is 0 Å². The molecule has 3 N–H and O–H groups in total. The van der Waals surface area contributed by atoms with E-state index in [1.807, 2.05) is 59.5 Å². The molecule has 0 unspecified atom stereocenters. The smallest absolute Gasteiger partial charge is 0.303 e. The van der Waals surface area contributed by atoms with Crippen molar-refractivity contribution >= 4 is 56.4 Å². The van der Waals surface area contributed by atoms with Crippen molar-refractivity contribution in [1.29, 1.82) is 0 Å². The minimum absolute atomic E-state index is 0.00837. The summed E-state index contributed by atoms with van der Waals surface area (Å²) in [5.74, 6) is -1.09. The number of aryl methyl sites for hydroxylation is 1. The van der Waals surface area contributed by atoms with Gasteiger partial charge < -0.3 is 25.5 Å². The molecule has 0 aromatic heterocycles. The highest BCUT2D eigenvalue weighted by molar-refractivity contribution is 9.10. The molecule has 2 aliphatic rings. The number of hydrogen-bond acceptors (Lipinski definition) is 5. The maximum absolute atomic E-state index is 13.2. The number of fused-ring (bicyclic) bond motifs is 1. The highest BCUT2D eigenvalue weighted by Crippen LogP contribution is 2.39. The zero-order valence-electron chi connectivity index (χ0n) is 21.5. The van der Waals surface area contributed by atoms with Crippen molar-refractivity contribution in [3.8, 4) is 0 Å². The first kappa shape index (κ1) is 26.6. The lowest BCUT2D eigenvalue weighted by Gasteiger charge is -2.32. The number of likely N-dealkylation sites (N-methyl/N-ethyl adjacent to an activating group) is 1. The minimum atomic E-state index is -0.863. The van der Waals surface area contributed by atoms with E-state index in [9.17, 15) is 14.4 Å². The Morgan fingerprint density at radius 2 is 1.72 bits per heavy atom. The molecule has 3 aromatic rings. The number of carboxylic acid groups (broad SMARTS) is 1. The van der Waals surface area contributed by atoms with Gasteiger partial charge in [-0.25, -0.2) is 0 Å². The van der Waals surface area contributed by atoms with E-state index in [-0.39, 0.29) is 18.2 Å². The second-order valence-corrected chi connectivity index (χ2v) is 10.7. The molecule has 0 atom stereocenters. The second-order valence-electron chi connectivity index (χ2n) is 9.79. The molecule has 1 saturated heterocycles. The Bertz CT molecular complexity index is 1460. The van der Waals surface area contributed by atoms with Gasteiger partial charge in [0, 0.05) is 53.9 Å². The number of piperazine rings is 1. The lowest BCUT2D eigenvalue weighted by Crippen LogP contribution is -2.47. The van der Waals surface area contributed by atoms with Crippen molar-refractivity contribution < 1.29 is 19.5 Å². The van der Waals surface area contributed by atoms with Crippen LogP contribution in [0.5, 0.6) is 0 Å². The number of carbonyl (C=O) groups is 3. The number of hydrogen-bond donors (Lipinski definition) is 3. The van der Waals surface area contributed by atoms with Crippen LogP contribution in [0.3, 0.4) is 0 Å². The highest BCUT2D eigenvalue weighted by atomic mass is 79.9. The number of carboxylic acids is 1. The first-order valence-electron chi connectivity index (χ1n) is 12.8. The topological polar surface area (TPSA) is 102 Å². The summed E-state index contributed by atoms with van der Waals surface area (Å²) < 4.78 is 0.855. The van der Waals surface area contributed by atoms with E-state index in [1.165, 1.54) is 0 Å². The number of nitrogens with zero attached hydrogens (tertiary/aromatic N) is 2. The third kappa shape index (κ3) is 6.05. The van der Waals surface area contributed by atoms with Gasteiger partial charge in [0.05, 0.1) is 17.0 Å². The van der Waals surface area contributed by atoms with Gasteiger partial charge in [0.15, 0.2) is 0 Å². The van der Waals surface area contributed by atoms with Crippen LogP contribution < -0.4 is 10.6 Å². The molecule has 2 heterocycles. The van der Waals surface area contributed by atoms with E-state index in [1.54, 1.807) is 12.1 Å².